The van der Waals surface area contributed by atoms with E-state index in [-0.39, 0.29) is 17.4 Å². The van der Waals surface area contributed by atoms with Crippen molar-refractivity contribution in [1.29, 1.82) is 0 Å². The fourth-order valence-corrected chi connectivity index (χ4v) is 4.18. The molecule has 2 nitrogen and oxygen atoms in total. The SMILES string of the molecule is FC(F)=C(F)c1ccc(-c2cnc(C3CCC(c4cc(F)c(F)c(F)c4)CC3)nc2)c(F)c1. The maximum Gasteiger partial charge on any atom is 0.306 e. The van der Waals surface area contributed by atoms with Crippen LogP contribution < -0.4 is 0 Å². The van der Waals surface area contributed by atoms with Crippen LogP contribution in [0.5, 0.6) is 0 Å². The summed E-state index contributed by atoms with van der Waals surface area (Å²) in [7, 11) is 0. The largest absolute Gasteiger partial charge is 0.306 e. The molecule has 1 saturated carbocycles. The van der Waals surface area contributed by atoms with Gasteiger partial charge < -0.3 is 0 Å². The molecule has 4 rings (SSSR count). The second-order valence-electron chi connectivity index (χ2n) is 7.95. The van der Waals surface area contributed by atoms with Crippen molar-refractivity contribution in [3.05, 3.63) is 89.0 Å². The predicted molar refractivity (Wildman–Crippen MR) is 108 cm³/mol. The first kappa shape index (κ1) is 22.9. The van der Waals surface area contributed by atoms with Crippen molar-refractivity contribution in [2.75, 3.05) is 0 Å². The molecule has 0 N–H and O–H groups in total. The molecule has 1 aliphatic carbocycles. The average molecular weight is 466 g/mol. The molecule has 1 heterocycles. The van der Waals surface area contributed by atoms with Crippen LogP contribution in [0.25, 0.3) is 17.0 Å². The third kappa shape index (κ3) is 4.77. The fourth-order valence-electron chi connectivity index (χ4n) is 4.18. The quantitative estimate of drug-likeness (QED) is 0.291. The molecule has 33 heavy (non-hydrogen) atoms. The second-order valence-corrected chi connectivity index (χ2v) is 7.95. The van der Waals surface area contributed by atoms with Crippen LogP contribution in [0, 0.1) is 23.3 Å². The van der Waals surface area contributed by atoms with Crippen LogP contribution in [0.1, 0.15) is 54.5 Å². The first-order valence-corrected chi connectivity index (χ1v) is 10.2. The van der Waals surface area contributed by atoms with Crippen LogP contribution in [0.15, 0.2) is 48.8 Å². The summed E-state index contributed by atoms with van der Waals surface area (Å²) in [5.74, 6) is -6.17. The maximum atomic E-state index is 14.3. The number of nitrogens with zero attached hydrogens (tertiary/aromatic N) is 2. The van der Waals surface area contributed by atoms with E-state index in [4.69, 9.17) is 0 Å². The predicted octanol–water partition coefficient (Wildman–Crippen LogP) is 7.68. The molecule has 1 aromatic heterocycles. The number of benzene rings is 2. The van der Waals surface area contributed by atoms with Crippen molar-refractivity contribution >= 4 is 5.83 Å². The Morgan fingerprint density at radius 3 is 1.85 bits per heavy atom. The standard InChI is InChI=1S/C24H17F7N2/c25-18-7-14(21(28)23(30)31)5-6-17(18)16-10-32-24(33-11-16)13-3-1-12(2-4-13)15-8-19(26)22(29)20(27)9-15/h5-13H,1-4H2. The van der Waals surface area contributed by atoms with Crippen LogP contribution in [0.3, 0.4) is 0 Å². The van der Waals surface area contributed by atoms with Crippen LogP contribution in [-0.2, 0) is 0 Å². The van der Waals surface area contributed by atoms with Crippen LogP contribution in [-0.4, -0.2) is 9.97 Å². The first-order chi connectivity index (χ1) is 15.7. The van der Waals surface area contributed by atoms with Gasteiger partial charge in [-0.3, -0.25) is 0 Å². The summed E-state index contributed by atoms with van der Waals surface area (Å²) in [4.78, 5) is 8.58. The van der Waals surface area contributed by atoms with Gasteiger partial charge in [-0.2, -0.15) is 8.78 Å². The summed E-state index contributed by atoms with van der Waals surface area (Å²) in [6, 6.07) is 4.96. The highest BCUT2D eigenvalue weighted by Gasteiger charge is 2.27. The minimum absolute atomic E-state index is 0.00979. The van der Waals surface area contributed by atoms with Gasteiger partial charge >= 0.3 is 6.08 Å². The van der Waals surface area contributed by atoms with E-state index >= 15 is 0 Å². The lowest BCUT2D eigenvalue weighted by molar-refractivity contribution is 0.379. The topological polar surface area (TPSA) is 25.8 Å². The summed E-state index contributed by atoms with van der Waals surface area (Å²) in [6.45, 7) is 0. The van der Waals surface area contributed by atoms with Gasteiger partial charge in [-0.05, 0) is 55.4 Å². The highest BCUT2D eigenvalue weighted by Crippen LogP contribution is 2.40. The molecular formula is C24H17F7N2. The molecular weight excluding hydrogens is 449 g/mol. The van der Waals surface area contributed by atoms with Crippen molar-refractivity contribution in [3.63, 3.8) is 0 Å². The normalized spacial score (nSPS) is 18.3. The maximum absolute atomic E-state index is 14.3. The van der Waals surface area contributed by atoms with Crippen molar-refractivity contribution in [1.82, 2.24) is 9.97 Å². The minimum atomic E-state index is -2.53. The molecule has 0 bridgehead atoms. The third-order valence-corrected chi connectivity index (χ3v) is 5.94. The molecule has 3 aromatic rings. The van der Waals surface area contributed by atoms with E-state index in [1.54, 1.807) is 0 Å². The Morgan fingerprint density at radius 1 is 0.727 bits per heavy atom. The van der Waals surface area contributed by atoms with Gasteiger partial charge in [0.2, 0.25) is 0 Å². The highest BCUT2D eigenvalue weighted by molar-refractivity contribution is 5.67. The Labute approximate surface area is 184 Å². The molecule has 0 spiro atoms. The summed E-state index contributed by atoms with van der Waals surface area (Å²) in [6.07, 6.45) is 2.79. The third-order valence-electron chi connectivity index (χ3n) is 5.94. The van der Waals surface area contributed by atoms with Crippen molar-refractivity contribution < 1.29 is 30.7 Å². The van der Waals surface area contributed by atoms with E-state index in [1.165, 1.54) is 18.5 Å². The lowest BCUT2D eigenvalue weighted by Crippen LogP contribution is -2.15. The zero-order valence-electron chi connectivity index (χ0n) is 17.1. The molecule has 2 aromatic carbocycles. The molecule has 0 radical (unpaired) electrons. The van der Waals surface area contributed by atoms with E-state index < -0.39 is 40.7 Å². The van der Waals surface area contributed by atoms with Crippen LogP contribution in [0.2, 0.25) is 0 Å². The van der Waals surface area contributed by atoms with Crippen LogP contribution >= 0.6 is 0 Å². The molecule has 172 valence electrons. The molecule has 0 unspecified atom stereocenters. The summed E-state index contributed by atoms with van der Waals surface area (Å²) in [5.41, 5.74) is 0.200. The molecule has 0 saturated heterocycles. The van der Waals surface area contributed by atoms with Gasteiger partial charge in [-0.25, -0.2) is 31.9 Å². The van der Waals surface area contributed by atoms with Crippen molar-refractivity contribution in [2.24, 2.45) is 0 Å². The fraction of sp³-hybridized carbons (Fsp3) is 0.250. The Hall–Kier alpha value is -3.23. The molecule has 0 atom stereocenters. The smallest absolute Gasteiger partial charge is 0.240 e. The lowest BCUT2D eigenvalue weighted by atomic mass is 9.78. The van der Waals surface area contributed by atoms with Gasteiger partial charge in [0.25, 0.3) is 0 Å². The molecule has 1 fully saturated rings. The van der Waals surface area contributed by atoms with Crippen molar-refractivity contribution in [2.45, 2.75) is 37.5 Å². The first-order valence-electron chi connectivity index (χ1n) is 10.2. The van der Waals surface area contributed by atoms with Gasteiger partial charge in [-0.1, -0.05) is 12.1 Å². The Balaban J connectivity index is 1.45. The Morgan fingerprint density at radius 2 is 1.30 bits per heavy atom. The van der Waals surface area contributed by atoms with E-state index in [0.717, 1.165) is 18.2 Å². The van der Waals surface area contributed by atoms with Gasteiger partial charge in [-0.15, -0.1) is 0 Å². The average Bonchev–Trinajstić information content (AvgIpc) is 2.82. The minimum Gasteiger partial charge on any atom is -0.240 e. The highest BCUT2D eigenvalue weighted by atomic mass is 19.3. The van der Waals surface area contributed by atoms with E-state index in [2.05, 4.69) is 9.97 Å². The number of hydrogen-bond donors (Lipinski definition) is 0. The van der Waals surface area contributed by atoms with E-state index in [1.807, 2.05) is 0 Å². The van der Waals surface area contributed by atoms with Crippen molar-refractivity contribution in [3.8, 4) is 11.1 Å². The number of halogens is 7. The molecule has 0 amide bonds. The van der Waals surface area contributed by atoms with E-state index in [9.17, 15) is 30.7 Å². The van der Waals surface area contributed by atoms with E-state index in [0.29, 0.717) is 48.7 Å². The monoisotopic (exact) mass is 466 g/mol. The number of rotatable bonds is 4. The second kappa shape index (κ2) is 9.33. The van der Waals surface area contributed by atoms with Gasteiger partial charge in [0, 0.05) is 35.0 Å². The molecule has 0 aliphatic heterocycles. The summed E-state index contributed by atoms with van der Waals surface area (Å²) >= 11 is 0. The summed E-state index contributed by atoms with van der Waals surface area (Å²) < 4.78 is 92.6. The molecule has 9 heteroatoms. The van der Waals surface area contributed by atoms with Gasteiger partial charge in [0.05, 0.1) is 0 Å². The Bertz CT molecular complexity index is 1170. The van der Waals surface area contributed by atoms with Crippen LogP contribution in [0.4, 0.5) is 30.7 Å². The number of aromatic nitrogens is 2. The molecule has 1 aliphatic rings. The van der Waals surface area contributed by atoms with Gasteiger partial charge in [0.15, 0.2) is 23.3 Å². The lowest BCUT2D eigenvalue weighted by Gasteiger charge is -2.28. The zero-order chi connectivity index (χ0) is 23.7. The van der Waals surface area contributed by atoms with Gasteiger partial charge in [0.1, 0.15) is 11.6 Å². The summed E-state index contributed by atoms with van der Waals surface area (Å²) in [5, 5.41) is 0. The zero-order valence-corrected chi connectivity index (χ0v) is 17.1. The Kier molecular flexibility index (Phi) is 6.49. The number of hydrogen-bond acceptors (Lipinski definition) is 2.